The molecule has 1 aliphatic rings. The Morgan fingerprint density at radius 3 is 2.57 bits per heavy atom. The van der Waals surface area contributed by atoms with Gasteiger partial charge < -0.3 is 14.7 Å². The molecule has 0 bridgehead atoms. The number of nitrogens with zero attached hydrogens (tertiary/aromatic N) is 2. The highest BCUT2D eigenvalue weighted by molar-refractivity contribution is 5.85. The van der Waals surface area contributed by atoms with Gasteiger partial charge in [0.1, 0.15) is 5.75 Å². The molecule has 1 saturated heterocycles. The van der Waals surface area contributed by atoms with E-state index in [4.69, 9.17) is 9.84 Å². The lowest BCUT2D eigenvalue weighted by Gasteiger charge is -2.36. The fourth-order valence-corrected chi connectivity index (χ4v) is 3.32. The molecule has 0 atom stereocenters. The van der Waals surface area contributed by atoms with Gasteiger partial charge in [-0.2, -0.15) is 13.2 Å². The minimum absolute atomic E-state index is 0. The number of ether oxygens (including phenoxy) is 1. The number of benzene rings is 1. The summed E-state index contributed by atoms with van der Waals surface area (Å²) in [7, 11) is 1.85. The molecule has 28 heavy (non-hydrogen) atoms. The largest absolute Gasteiger partial charge is 0.494 e. The minimum atomic E-state index is -4.36. The first-order valence-electron chi connectivity index (χ1n) is 9.20. The normalized spacial score (nSPS) is 16.0. The number of unbranched alkanes of at least 4 members (excludes halogenated alkanes) is 1. The zero-order valence-electron chi connectivity index (χ0n) is 16.0. The molecule has 0 spiro atoms. The Labute approximate surface area is 169 Å². The van der Waals surface area contributed by atoms with E-state index < -0.39 is 17.7 Å². The van der Waals surface area contributed by atoms with Crippen molar-refractivity contribution >= 4 is 18.4 Å². The third kappa shape index (κ3) is 8.24. The highest BCUT2D eigenvalue weighted by atomic mass is 35.5. The van der Waals surface area contributed by atoms with E-state index in [2.05, 4.69) is 4.90 Å². The third-order valence-electron chi connectivity index (χ3n) is 4.86. The number of halogens is 4. The highest BCUT2D eigenvalue weighted by Crippen LogP contribution is 2.31. The molecule has 1 aromatic carbocycles. The first-order chi connectivity index (χ1) is 12.8. The SMILES string of the molecule is CN(CC(=O)O)C1CCN(CCCCOc2cccc(C(F)(F)F)c2)CC1.Cl. The van der Waals surface area contributed by atoms with Crippen molar-refractivity contribution in [1.82, 2.24) is 9.80 Å². The van der Waals surface area contributed by atoms with Gasteiger partial charge in [0.25, 0.3) is 0 Å². The molecular formula is C19H28ClF3N2O3. The van der Waals surface area contributed by atoms with Crippen LogP contribution in [-0.4, -0.2) is 66.8 Å². The Morgan fingerprint density at radius 2 is 1.96 bits per heavy atom. The number of carboxylic acids is 1. The van der Waals surface area contributed by atoms with Crippen LogP contribution >= 0.6 is 12.4 Å². The van der Waals surface area contributed by atoms with Gasteiger partial charge in [-0.15, -0.1) is 12.4 Å². The lowest BCUT2D eigenvalue weighted by molar-refractivity contribution is -0.139. The highest BCUT2D eigenvalue weighted by Gasteiger charge is 2.30. The van der Waals surface area contributed by atoms with Gasteiger partial charge in [0, 0.05) is 6.04 Å². The molecule has 0 aliphatic carbocycles. The van der Waals surface area contributed by atoms with Crippen LogP contribution < -0.4 is 4.74 Å². The molecule has 5 nitrogen and oxygen atoms in total. The standard InChI is InChI=1S/C19H27F3N2O3.ClH/c1-23(14-18(25)26)16-7-10-24(11-8-16)9-2-3-12-27-17-6-4-5-15(13-17)19(20,21)22;/h4-6,13,16H,2-3,7-12,14H2,1H3,(H,25,26);1H. The number of likely N-dealkylation sites (tertiary alicyclic amines) is 1. The van der Waals surface area contributed by atoms with E-state index in [1.54, 1.807) is 0 Å². The Bertz CT molecular complexity index is 608. The van der Waals surface area contributed by atoms with Crippen molar-refractivity contribution in [3.05, 3.63) is 29.8 Å². The summed E-state index contributed by atoms with van der Waals surface area (Å²) in [5.41, 5.74) is -0.698. The predicted octanol–water partition coefficient (Wildman–Crippen LogP) is 3.77. The van der Waals surface area contributed by atoms with E-state index >= 15 is 0 Å². The van der Waals surface area contributed by atoms with Crippen molar-refractivity contribution in [2.45, 2.75) is 37.9 Å². The van der Waals surface area contributed by atoms with Crippen LogP contribution in [0.25, 0.3) is 0 Å². The average Bonchev–Trinajstić information content (AvgIpc) is 2.61. The molecule has 1 N–H and O–H groups in total. The van der Waals surface area contributed by atoms with Crippen LogP contribution in [0.4, 0.5) is 13.2 Å². The Morgan fingerprint density at radius 1 is 1.29 bits per heavy atom. The average molecular weight is 425 g/mol. The smallest absolute Gasteiger partial charge is 0.416 e. The second kappa shape index (κ2) is 11.5. The van der Waals surface area contributed by atoms with Crippen molar-refractivity contribution in [2.24, 2.45) is 0 Å². The van der Waals surface area contributed by atoms with Gasteiger partial charge in [-0.1, -0.05) is 6.07 Å². The number of likely N-dealkylation sites (N-methyl/N-ethyl adjacent to an activating group) is 1. The fraction of sp³-hybridized carbons (Fsp3) is 0.632. The maximum Gasteiger partial charge on any atom is 0.416 e. The molecule has 0 amide bonds. The molecule has 0 aromatic heterocycles. The summed E-state index contributed by atoms with van der Waals surface area (Å²) in [6.45, 7) is 3.24. The summed E-state index contributed by atoms with van der Waals surface area (Å²) >= 11 is 0. The number of alkyl halides is 3. The van der Waals surface area contributed by atoms with E-state index in [1.807, 2.05) is 11.9 Å². The van der Waals surface area contributed by atoms with E-state index in [1.165, 1.54) is 12.1 Å². The maximum atomic E-state index is 12.7. The van der Waals surface area contributed by atoms with Gasteiger partial charge >= 0.3 is 12.1 Å². The van der Waals surface area contributed by atoms with E-state index in [9.17, 15) is 18.0 Å². The Balaban J connectivity index is 0.00000392. The minimum Gasteiger partial charge on any atom is -0.494 e. The molecule has 0 radical (unpaired) electrons. The molecule has 160 valence electrons. The van der Waals surface area contributed by atoms with Crippen molar-refractivity contribution in [2.75, 3.05) is 39.8 Å². The summed E-state index contributed by atoms with van der Waals surface area (Å²) in [5, 5.41) is 8.85. The van der Waals surface area contributed by atoms with E-state index in [-0.39, 0.29) is 24.7 Å². The zero-order valence-corrected chi connectivity index (χ0v) is 16.8. The van der Waals surface area contributed by atoms with E-state index in [0.717, 1.165) is 57.5 Å². The van der Waals surface area contributed by atoms with Gasteiger partial charge in [-0.3, -0.25) is 9.69 Å². The van der Waals surface area contributed by atoms with Crippen LogP contribution in [0.2, 0.25) is 0 Å². The van der Waals surface area contributed by atoms with Gasteiger partial charge in [0.15, 0.2) is 0 Å². The molecule has 1 heterocycles. The molecule has 1 fully saturated rings. The Kier molecular flexibility index (Phi) is 10.1. The Hall–Kier alpha value is -1.51. The van der Waals surface area contributed by atoms with Crippen LogP contribution in [0, 0.1) is 0 Å². The summed E-state index contributed by atoms with van der Waals surface area (Å²) in [6, 6.07) is 5.25. The first kappa shape index (κ1) is 24.5. The zero-order chi connectivity index (χ0) is 19.9. The van der Waals surface area contributed by atoms with Crippen LogP contribution in [0.15, 0.2) is 24.3 Å². The van der Waals surface area contributed by atoms with Crippen molar-refractivity contribution in [3.8, 4) is 5.75 Å². The summed E-state index contributed by atoms with van der Waals surface area (Å²) in [4.78, 5) is 15.0. The quantitative estimate of drug-likeness (QED) is 0.611. The monoisotopic (exact) mass is 424 g/mol. The van der Waals surface area contributed by atoms with E-state index in [0.29, 0.717) is 12.6 Å². The van der Waals surface area contributed by atoms with Crippen LogP contribution in [0.3, 0.4) is 0 Å². The molecule has 0 unspecified atom stereocenters. The van der Waals surface area contributed by atoms with Gasteiger partial charge in [-0.25, -0.2) is 0 Å². The number of hydrogen-bond acceptors (Lipinski definition) is 4. The second-order valence-electron chi connectivity index (χ2n) is 6.96. The number of hydrogen-bond donors (Lipinski definition) is 1. The van der Waals surface area contributed by atoms with Crippen molar-refractivity contribution in [3.63, 3.8) is 0 Å². The number of aliphatic carboxylic acids is 1. The maximum absolute atomic E-state index is 12.7. The molecular weight excluding hydrogens is 397 g/mol. The third-order valence-corrected chi connectivity index (χ3v) is 4.86. The van der Waals surface area contributed by atoms with Gasteiger partial charge in [0.05, 0.1) is 18.7 Å². The van der Waals surface area contributed by atoms with Crippen LogP contribution in [-0.2, 0) is 11.0 Å². The van der Waals surface area contributed by atoms with Gasteiger partial charge in [-0.05, 0) is 70.6 Å². The summed E-state index contributed by atoms with van der Waals surface area (Å²) < 4.78 is 43.4. The number of rotatable bonds is 9. The van der Waals surface area contributed by atoms with Crippen molar-refractivity contribution in [1.29, 1.82) is 0 Å². The molecule has 1 aromatic rings. The summed E-state index contributed by atoms with van der Waals surface area (Å²) in [6.07, 6.45) is -0.775. The van der Waals surface area contributed by atoms with Gasteiger partial charge in [0.2, 0.25) is 0 Å². The number of carboxylic acid groups (broad SMARTS) is 1. The first-order valence-corrected chi connectivity index (χ1v) is 9.20. The second-order valence-corrected chi connectivity index (χ2v) is 6.96. The molecule has 2 rings (SSSR count). The summed E-state index contributed by atoms with van der Waals surface area (Å²) in [5.74, 6) is -0.562. The lowest BCUT2D eigenvalue weighted by atomic mass is 10.0. The molecule has 1 aliphatic heterocycles. The van der Waals surface area contributed by atoms with Crippen LogP contribution in [0.1, 0.15) is 31.2 Å². The number of carbonyl (C=O) groups is 1. The number of piperidine rings is 1. The lowest BCUT2D eigenvalue weighted by Crippen LogP contribution is -2.45. The predicted molar refractivity (Wildman–Crippen MR) is 103 cm³/mol. The fourth-order valence-electron chi connectivity index (χ4n) is 3.32. The van der Waals surface area contributed by atoms with Crippen LogP contribution in [0.5, 0.6) is 5.75 Å². The molecule has 9 heteroatoms. The van der Waals surface area contributed by atoms with Crippen molar-refractivity contribution < 1.29 is 27.8 Å². The molecule has 0 saturated carbocycles. The topological polar surface area (TPSA) is 53.0 Å².